The summed E-state index contributed by atoms with van der Waals surface area (Å²) in [4.78, 5) is 15.1. The minimum atomic E-state index is -1.28. The van der Waals surface area contributed by atoms with Crippen LogP contribution < -0.4 is 9.64 Å². The van der Waals surface area contributed by atoms with E-state index in [0.717, 1.165) is 35.4 Å². The van der Waals surface area contributed by atoms with Crippen molar-refractivity contribution in [2.24, 2.45) is 0 Å². The number of nitrogens with zero attached hydrogens (tertiary/aromatic N) is 1. The van der Waals surface area contributed by atoms with Gasteiger partial charge in [0.05, 0.1) is 25.5 Å². The lowest BCUT2D eigenvalue weighted by Gasteiger charge is -2.32. The molecule has 0 aliphatic carbocycles. The van der Waals surface area contributed by atoms with Crippen molar-refractivity contribution in [3.63, 3.8) is 0 Å². The molecule has 160 valence electrons. The molecule has 0 atom stereocenters. The molecule has 4 rings (SSSR count). The van der Waals surface area contributed by atoms with Gasteiger partial charge in [-0.05, 0) is 61.9 Å². The number of hydrogen-bond donors (Lipinski definition) is 0. The van der Waals surface area contributed by atoms with Gasteiger partial charge in [-0.2, -0.15) is 0 Å². The van der Waals surface area contributed by atoms with Crippen LogP contribution in [0, 0.1) is 13.8 Å². The molecule has 0 bridgehead atoms. The van der Waals surface area contributed by atoms with Gasteiger partial charge in [0.2, 0.25) is 0 Å². The van der Waals surface area contributed by atoms with Gasteiger partial charge in [-0.1, -0.05) is 37.6 Å². The van der Waals surface area contributed by atoms with Gasteiger partial charge in [0, 0.05) is 12.1 Å². The summed E-state index contributed by atoms with van der Waals surface area (Å²) in [5, 5.41) is 0. The van der Waals surface area contributed by atoms with Crippen molar-refractivity contribution in [2.45, 2.75) is 52.2 Å². The Morgan fingerprint density at radius 3 is 2.50 bits per heavy atom. The first-order valence-electron chi connectivity index (χ1n) is 10.9. The molecule has 5 heteroatoms. The number of fused-ring (bicyclic) bond motifs is 2. The third-order valence-electron chi connectivity index (χ3n) is 5.80. The molecule has 1 saturated heterocycles. The van der Waals surface area contributed by atoms with E-state index < -0.39 is 5.79 Å². The standard InChI is InChI=1S/C25H31NO4/c1-17(2)20-9-7-19(4)16-23(20)28-12-5-11-26-22-10-8-18(3)15-21(22)25(24(26)27)29-13-6-14-30-25/h7-10,15-17H,5-6,11-14H2,1-4H3. The third kappa shape index (κ3) is 3.72. The van der Waals surface area contributed by atoms with Crippen LogP contribution in [-0.2, 0) is 20.1 Å². The largest absolute Gasteiger partial charge is 0.493 e. The Morgan fingerprint density at radius 2 is 1.77 bits per heavy atom. The monoisotopic (exact) mass is 409 g/mol. The number of hydrogen-bond acceptors (Lipinski definition) is 4. The van der Waals surface area contributed by atoms with E-state index in [0.29, 0.717) is 32.3 Å². The van der Waals surface area contributed by atoms with Gasteiger partial charge in [0.25, 0.3) is 11.7 Å². The number of amides is 1. The van der Waals surface area contributed by atoms with Crippen molar-refractivity contribution in [1.29, 1.82) is 0 Å². The molecule has 2 aromatic rings. The highest BCUT2D eigenvalue weighted by Gasteiger charge is 2.54. The van der Waals surface area contributed by atoms with Gasteiger partial charge in [0.1, 0.15) is 5.75 Å². The smallest absolute Gasteiger partial charge is 0.292 e. The highest BCUT2D eigenvalue weighted by molar-refractivity contribution is 6.06. The van der Waals surface area contributed by atoms with Gasteiger partial charge in [-0.3, -0.25) is 4.79 Å². The van der Waals surface area contributed by atoms with Crippen LogP contribution in [0.5, 0.6) is 5.75 Å². The second-order valence-corrected chi connectivity index (χ2v) is 8.54. The van der Waals surface area contributed by atoms with Crippen molar-refractivity contribution in [2.75, 3.05) is 31.3 Å². The molecular formula is C25H31NO4. The van der Waals surface area contributed by atoms with Crippen molar-refractivity contribution in [3.8, 4) is 5.75 Å². The summed E-state index contributed by atoms with van der Waals surface area (Å²) in [6, 6.07) is 12.4. The van der Waals surface area contributed by atoms with Crippen LogP contribution in [0.3, 0.4) is 0 Å². The second kappa shape index (κ2) is 8.40. The quantitative estimate of drug-likeness (QED) is 0.641. The summed E-state index contributed by atoms with van der Waals surface area (Å²) in [5.74, 6) is -0.0660. The van der Waals surface area contributed by atoms with E-state index in [1.807, 2.05) is 25.1 Å². The van der Waals surface area contributed by atoms with E-state index in [2.05, 4.69) is 39.0 Å². The summed E-state index contributed by atoms with van der Waals surface area (Å²) < 4.78 is 18.0. The van der Waals surface area contributed by atoms with Crippen LogP contribution in [-0.4, -0.2) is 32.3 Å². The number of benzene rings is 2. The van der Waals surface area contributed by atoms with Crippen LogP contribution >= 0.6 is 0 Å². The summed E-state index contributed by atoms with van der Waals surface area (Å²) in [5.41, 5.74) is 5.19. The van der Waals surface area contributed by atoms with Crippen LogP contribution in [0.1, 0.15) is 54.9 Å². The minimum absolute atomic E-state index is 0.124. The Morgan fingerprint density at radius 1 is 1.07 bits per heavy atom. The van der Waals surface area contributed by atoms with E-state index in [1.165, 1.54) is 11.1 Å². The summed E-state index contributed by atoms with van der Waals surface area (Å²) >= 11 is 0. The van der Waals surface area contributed by atoms with Crippen LogP contribution in [0.15, 0.2) is 36.4 Å². The molecular weight excluding hydrogens is 378 g/mol. The Bertz CT molecular complexity index is 931. The zero-order chi connectivity index (χ0) is 21.3. The van der Waals surface area contributed by atoms with Crippen molar-refractivity contribution in [1.82, 2.24) is 0 Å². The number of ether oxygens (including phenoxy) is 3. The number of anilines is 1. The normalized spacial score (nSPS) is 17.6. The highest BCUT2D eigenvalue weighted by atomic mass is 16.7. The average molecular weight is 410 g/mol. The summed E-state index contributed by atoms with van der Waals surface area (Å²) in [6.07, 6.45) is 1.53. The summed E-state index contributed by atoms with van der Waals surface area (Å²) in [7, 11) is 0. The SMILES string of the molecule is Cc1ccc(C(C)C)c(OCCCN2C(=O)C3(OCCCO3)c3cc(C)ccc32)c1. The van der Waals surface area contributed by atoms with Crippen molar-refractivity contribution < 1.29 is 19.0 Å². The molecule has 2 aliphatic heterocycles. The van der Waals surface area contributed by atoms with E-state index in [4.69, 9.17) is 14.2 Å². The predicted molar refractivity (Wildman–Crippen MR) is 117 cm³/mol. The number of carbonyl (C=O) groups excluding carboxylic acids is 1. The molecule has 0 aromatic heterocycles. The first-order chi connectivity index (χ1) is 14.4. The highest BCUT2D eigenvalue weighted by Crippen LogP contribution is 2.45. The minimum Gasteiger partial charge on any atom is -0.493 e. The molecule has 0 radical (unpaired) electrons. The van der Waals surface area contributed by atoms with Gasteiger partial charge in [-0.15, -0.1) is 0 Å². The molecule has 1 amide bonds. The topological polar surface area (TPSA) is 48.0 Å². The second-order valence-electron chi connectivity index (χ2n) is 8.54. The molecule has 0 saturated carbocycles. The number of carbonyl (C=O) groups is 1. The Kier molecular flexibility index (Phi) is 5.85. The lowest BCUT2D eigenvalue weighted by molar-refractivity contribution is -0.256. The molecule has 1 spiro atoms. The first kappa shape index (κ1) is 20.9. The van der Waals surface area contributed by atoms with Crippen LogP contribution in [0.2, 0.25) is 0 Å². The molecule has 2 aliphatic rings. The molecule has 1 fully saturated rings. The van der Waals surface area contributed by atoms with Crippen LogP contribution in [0.25, 0.3) is 0 Å². The summed E-state index contributed by atoms with van der Waals surface area (Å²) in [6.45, 7) is 10.6. The molecule has 0 unspecified atom stereocenters. The van der Waals surface area contributed by atoms with Crippen molar-refractivity contribution >= 4 is 11.6 Å². The number of aryl methyl sites for hydroxylation is 2. The Balaban J connectivity index is 1.47. The molecule has 2 heterocycles. The third-order valence-corrected chi connectivity index (χ3v) is 5.80. The van der Waals surface area contributed by atoms with Crippen LogP contribution in [0.4, 0.5) is 5.69 Å². The molecule has 30 heavy (non-hydrogen) atoms. The average Bonchev–Trinajstić information content (AvgIpc) is 2.93. The Labute approximate surface area is 178 Å². The van der Waals surface area contributed by atoms with E-state index >= 15 is 0 Å². The van der Waals surface area contributed by atoms with Gasteiger partial charge in [-0.25, -0.2) is 0 Å². The fourth-order valence-corrected chi connectivity index (χ4v) is 4.23. The maximum absolute atomic E-state index is 13.3. The van der Waals surface area contributed by atoms with E-state index in [-0.39, 0.29) is 5.91 Å². The zero-order valence-corrected chi connectivity index (χ0v) is 18.4. The lowest BCUT2D eigenvalue weighted by atomic mass is 10.0. The van der Waals surface area contributed by atoms with Crippen molar-refractivity contribution in [3.05, 3.63) is 58.7 Å². The van der Waals surface area contributed by atoms with E-state index in [9.17, 15) is 4.79 Å². The lowest BCUT2D eigenvalue weighted by Crippen LogP contribution is -2.47. The Hall–Kier alpha value is -2.37. The van der Waals surface area contributed by atoms with Gasteiger partial charge >= 0.3 is 0 Å². The first-order valence-corrected chi connectivity index (χ1v) is 10.9. The van der Waals surface area contributed by atoms with Gasteiger partial charge in [0.15, 0.2) is 0 Å². The fourth-order valence-electron chi connectivity index (χ4n) is 4.23. The van der Waals surface area contributed by atoms with Gasteiger partial charge < -0.3 is 19.1 Å². The zero-order valence-electron chi connectivity index (χ0n) is 18.4. The predicted octanol–water partition coefficient (Wildman–Crippen LogP) is 4.83. The number of rotatable bonds is 6. The molecule has 5 nitrogen and oxygen atoms in total. The fraction of sp³-hybridized carbons (Fsp3) is 0.480. The maximum Gasteiger partial charge on any atom is 0.292 e. The molecule has 2 aromatic carbocycles. The maximum atomic E-state index is 13.3. The molecule has 0 N–H and O–H groups in total. The van der Waals surface area contributed by atoms with E-state index in [1.54, 1.807) is 4.90 Å².